The lowest BCUT2D eigenvalue weighted by Gasteiger charge is -2.05. The Hall–Kier alpha value is -1.27. The standard InChI is InChI=1S/C10H9ClN2O/c11-10-9(14-6-7-1-2-7)4-3-8(5-12)13-10/h3-4,7H,1-2,6H2. The highest BCUT2D eigenvalue weighted by Gasteiger charge is 2.22. The minimum atomic E-state index is 0.268. The molecule has 0 spiro atoms. The van der Waals surface area contributed by atoms with Crippen LogP contribution in [0, 0.1) is 17.2 Å². The Labute approximate surface area is 87.3 Å². The van der Waals surface area contributed by atoms with Crippen LogP contribution in [0.5, 0.6) is 5.75 Å². The van der Waals surface area contributed by atoms with E-state index in [-0.39, 0.29) is 5.15 Å². The van der Waals surface area contributed by atoms with Gasteiger partial charge in [0.15, 0.2) is 10.9 Å². The molecule has 0 N–H and O–H groups in total. The van der Waals surface area contributed by atoms with Crippen LogP contribution in [0.3, 0.4) is 0 Å². The Morgan fingerprint density at radius 3 is 2.93 bits per heavy atom. The van der Waals surface area contributed by atoms with E-state index in [1.54, 1.807) is 12.1 Å². The summed E-state index contributed by atoms with van der Waals surface area (Å²) in [6.07, 6.45) is 2.47. The van der Waals surface area contributed by atoms with Crippen LogP contribution >= 0.6 is 11.6 Å². The third-order valence-electron chi connectivity index (χ3n) is 2.10. The maximum atomic E-state index is 8.57. The Morgan fingerprint density at radius 2 is 2.36 bits per heavy atom. The van der Waals surface area contributed by atoms with Crippen LogP contribution in [0.2, 0.25) is 5.15 Å². The summed E-state index contributed by atoms with van der Waals surface area (Å²) in [7, 11) is 0. The lowest BCUT2D eigenvalue weighted by molar-refractivity contribution is 0.299. The SMILES string of the molecule is N#Cc1ccc(OCC2CC2)c(Cl)n1. The van der Waals surface area contributed by atoms with Gasteiger partial charge in [-0.05, 0) is 30.9 Å². The lowest BCUT2D eigenvalue weighted by atomic mass is 10.3. The highest BCUT2D eigenvalue weighted by molar-refractivity contribution is 6.30. The van der Waals surface area contributed by atoms with Gasteiger partial charge in [0.05, 0.1) is 6.61 Å². The minimum Gasteiger partial charge on any atom is -0.490 e. The summed E-state index contributed by atoms with van der Waals surface area (Å²) in [5.74, 6) is 1.25. The van der Waals surface area contributed by atoms with E-state index in [9.17, 15) is 0 Å². The minimum absolute atomic E-state index is 0.268. The Kier molecular flexibility index (Phi) is 2.55. The van der Waals surface area contributed by atoms with Crippen molar-refractivity contribution in [1.29, 1.82) is 5.26 Å². The maximum absolute atomic E-state index is 8.57. The van der Waals surface area contributed by atoms with Crippen molar-refractivity contribution in [2.75, 3.05) is 6.61 Å². The van der Waals surface area contributed by atoms with E-state index >= 15 is 0 Å². The van der Waals surface area contributed by atoms with Gasteiger partial charge in [-0.2, -0.15) is 5.26 Å². The van der Waals surface area contributed by atoms with Gasteiger partial charge < -0.3 is 4.74 Å². The molecule has 4 heteroatoms. The molecule has 0 bridgehead atoms. The molecular weight excluding hydrogens is 200 g/mol. The van der Waals surface area contributed by atoms with Crippen molar-refractivity contribution in [3.63, 3.8) is 0 Å². The zero-order chi connectivity index (χ0) is 9.97. The summed E-state index contributed by atoms with van der Waals surface area (Å²) in [5.41, 5.74) is 0.314. The second-order valence-corrected chi connectivity index (χ2v) is 3.71. The Morgan fingerprint density at radius 1 is 1.57 bits per heavy atom. The fourth-order valence-corrected chi connectivity index (χ4v) is 1.29. The van der Waals surface area contributed by atoms with Crippen LogP contribution in [0.15, 0.2) is 12.1 Å². The monoisotopic (exact) mass is 208 g/mol. The molecule has 14 heavy (non-hydrogen) atoms. The number of halogens is 1. The van der Waals surface area contributed by atoms with E-state index in [1.165, 1.54) is 12.8 Å². The first-order valence-electron chi connectivity index (χ1n) is 4.49. The average Bonchev–Trinajstić information content (AvgIpc) is 2.99. The lowest BCUT2D eigenvalue weighted by Crippen LogP contribution is -2.00. The average molecular weight is 209 g/mol. The molecule has 0 unspecified atom stereocenters. The number of nitriles is 1. The van der Waals surface area contributed by atoms with Gasteiger partial charge in [-0.1, -0.05) is 11.6 Å². The fourth-order valence-electron chi connectivity index (χ4n) is 1.08. The van der Waals surface area contributed by atoms with Gasteiger partial charge in [0, 0.05) is 0 Å². The second kappa shape index (κ2) is 3.85. The molecule has 1 aliphatic carbocycles. The molecule has 2 rings (SSSR count). The zero-order valence-electron chi connectivity index (χ0n) is 7.53. The molecule has 0 radical (unpaired) electrons. The van der Waals surface area contributed by atoms with Crippen LogP contribution < -0.4 is 4.74 Å². The van der Waals surface area contributed by atoms with Gasteiger partial charge in [-0.15, -0.1) is 0 Å². The molecule has 0 amide bonds. The number of hydrogen-bond acceptors (Lipinski definition) is 3. The summed E-state index contributed by atoms with van der Waals surface area (Å²) in [6.45, 7) is 0.702. The number of nitrogens with zero attached hydrogens (tertiary/aromatic N) is 2. The normalized spacial score (nSPS) is 14.9. The van der Waals surface area contributed by atoms with Gasteiger partial charge in [-0.25, -0.2) is 4.98 Å². The molecule has 1 saturated carbocycles. The largest absolute Gasteiger partial charge is 0.490 e. The molecule has 1 aromatic rings. The van der Waals surface area contributed by atoms with E-state index < -0.39 is 0 Å². The molecule has 1 aliphatic rings. The van der Waals surface area contributed by atoms with Gasteiger partial charge in [0.25, 0.3) is 0 Å². The predicted octanol–water partition coefficient (Wildman–Crippen LogP) is 2.40. The van der Waals surface area contributed by atoms with Gasteiger partial charge in [0.2, 0.25) is 0 Å². The molecular formula is C10H9ClN2O. The number of pyridine rings is 1. The summed E-state index contributed by atoms with van der Waals surface area (Å²) < 4.78 is 5.46. The molecule has 1 heterocycles. The van der Waals surface area contributed by atoms with E-state index in [0.29, 0.717) is 24.0 Å². The summed E-state index contributed by atoms with van der Waals surface area (Å²) >= 11 is 5.82. The number of rotatable bonds is 3. The van der Waals surface area contributed by atoms with E-state index in [2.05, 4.69) is 4.98 Å². The van der Waals surface area contributed by atoms with Crippen molar-refractivity contribution in [1.82, 2.24) is 4.98 Å². The summed E-state index contributed by atoms with van der Waals surface area (Å²) in [6, 6.07) is 5.22. The van der Waals surface area contributed by atoms with E-state index in [0.717, 1.165) is 0 Å². The molecule has 1 aromatic heterocycles. The van der Waals surface area contributed by atoms with Crippen LogP contribution in [-0.4, -0.2) is 11.6 Å². The van der Waals surface area contributed by atoms with Crippen molar-refractivity contribution in [2.45, 2.75) is 12.8 Å². The molecule has 3 nitrogen and oxygen atoms in total. The fraction of sp³-hybridized carbons (Fsp3) is 0.400. The highest BCUT2D eigenvalue weighted by atomic mass is 35.5. The van der Waals surface area contributed by atoms with Crippen LogP contribution in [-0.2, 0) is 0 Å². The Balaban J connectivity index is 2.05. The number of aromatic nitrogens is 1. The summed E-state index contributed by atoms with van der Waals surface area (Å²) in [5, 5.41) is 8.84. The molecule has 0 atom stereocenters. The third-order valence-corrected chi connectivity index (χ3v) is 2.37. The first-order valence-corrected chi connectivity index (χ1v) is 4.87. The number of ether oxygens (including phenoxy) is 1. The first-order chi connectivity index (χ1) is 6.79. The molecule has 72 valence electrons. The smallest absolute Gasteiger partial charge is 0.172 e. The summed E-state index contributed by atoms with van der Waals surface area (Å²) in [4.78, 5) is 3.87. The third kappa shape index (κ3) is 2.15. The Bertz CT molecular complexity index is 382. The molecule has 0 saturated heterocycles. The second-order valence-electron chi connectivity index (χ2n) is 3.35. The van der Waals surface area contributed by atoms with Gasteiger partial charge in [0.1, 0.15) is 11.8 Å². The maximum Gasteiger partial charge on any atom is 0.172 e. The van der Waals surface area contributed by atoms with E-state index in [1.807, 2.05) is 6.07 Å². The van der Waals surface area contributed by atoms with E-state index in [4.69, 9.17) is 21.6 Å². The zero-order valence-corrected chi connectivity index (χ0v) is 8.29. The number of hydrogen-bond donors (Lipinski definition) is 0. The first kappa shape index (κ1) is 9.29. The van der Waals surface area contributed by atoms with Crippen molar-refractivity contribution < 1.29 is 4.74 Å². The van der Waals surface area contributed by atoms with Crippen LogP contribution in [0.1, 0.15) is 18.5 Å². The van der Waals surface area contributed by atoms with Crippen LogP contribution in [0.25, 0.3) is 0 Å². The van der Waals surface area contributed by atoms with Gasteiger partial charge in [-0.3, -0.25) is 0 Å². The van der Waals surface area contributed by atoms with Crippen molar-refractivity contribution in [2.24, 2.45) is 5.92 Å². The van der Waals surface area contributed by atoms with Crippen LogP contribution in [0.4, 0.5) is 0 Å². The molecule has 0 aromatic carbocycles. The predicted molar refractivity (Wildman–Crippen MR) is 52.2 cm³/mol. The van der Waals surface area contributed by atoms with Crippen molar-refractivity contribution >= 4 is 11.6 Å². The molecule has 1 fully saturated rings. The van der Waals surface area contributed by atoms with Crippen molar-refractivity contribution in [3.05, 3.63) is 23.0 Å². The van der Waals surface area contributed by atoms with Crippen molar-refractivity contribution in [3.8, 4) is 11.8 Å². The highest BCUT2D eigenvalue weighted by Crippen LogP contribution is 2.31. The molecule has 0 aliphatic heterocycles. The quantitative estimate of drug-likeness (QED) is 0.717. The van der Waals surface area contributed by atoms with Gasteiger partial charge >= 0.3 is 0 Å². The topological polar surface area (TPSA) is 45.9 Å².